The first kappa shape index (κ1) is 7.76. The van der Waals surface area contributed by atoms with Crippen LogP contribution in [0, 0.1) is 6.92 Å². The minimum Gasteiger partial charge on any atom is -0.330 e. The van der Waals surface area contributed by atoms with Crippen LogP contribution in [0.25, 0.3) is 4.96 Å². The first-order valence-corrected chi connectivity index (χ1v) is 4.81. The summed E-state index contributed by atoms with van der Waals surface area (Å²) in [5.41, 5.74) is 7.78. The number of hydrogen-bond donors (Lipinski definition) is 1. The quantitative estimate of drug-likeness (QED) is 0.756. The molecule has 0 aliphatic carbocycles. The van der Waals surface area contributed by atoms with Gasteiger partial charge in [-0.25, -0.2) is 4.98 Å². The molecule has 0 amide bonds. The fraction of sp³-hybridized carbons (Fsp3) is 0.375. The Morgan fingerprint density at radius 3 is 3.17 bits per heavy atom. The minimum absolute atomic E-state index is 0.671. The summed E-state index contributed by atoms with van der Waals surface area (Å²) in [7, 11) is 0. The Balaban J connectivity index is 2.48. The number of imidazole rings is 1. The summed E-state index contributed by atoms with van der Waals surface area (Å²) in [5, 5.41) is 2.11. The molecule has 2 aromatic heterocycles. The molecule has 2 N–H and O–H groups in total. The molecule has 0 aromatic carbocycles. The van der Waals surface area contributed by atoms with Gasteiger partial charge in [0, 0.05) is 23.7 Å². The van der Waals surface area contributed by atoms with Crippen LogP contribution in [0.4, 0.5) is 0 Å². The molecule has 0 aliphatic rings. The van der Waals surface area contributed by atoms with E-state index in [1.807, 2.05) is 0 Å². The normalized spacial score (nSPS) is 11.2. The Morgan fingerprint density at radius 1 is 1.67 bits per heavy atom. The first-order valence-electron chi connectivity index (χ1n) is 3.93. The third kappa shape index (κ3) is 1.13. The van der Waals surface area contributed by atoms with Gasteiger partial charge < -0.3 is 5.73 Å². The van der Waals surface area contributed by atoms with Crippen molar-refractivity contribution in [1.29, 1.82) is 0 Å². The van der Waals surface area contributed by atoms with Crippen LogP contribution >= 0.6 is 11.3 Å². The molecule has 0 unspecified atom stereocenters. The van der Waals surface area contributed by atoms with Crippen LogP contribution in [0.2, 0.25) is 0 Å². The molecule has 0 spiro atoms. The van der Waals surface area contributed by atoms with E-state index >= 15 is 0 Å². The van der Waals surface area contributed by atoms with Crippen LogP contribution in [0.3, 0.4) is 0 Å². The number of nitrogens with zero attached hydrogens (tertiary/aromatic N) is 2. The van der Waals surface area contributed by atoms with E-state index in [4.69, 9.17) is 5.73 Å². The fourth-order valence-corrected chi connectivity index (χ4v) is 2.08. The van der Waals surface area contributed by atoms with Crippen LogP contribution in [-0.4, -0.2) is 15.9 Å². The van der Waals surface area contributed by atoms with Crippen LogP contribution in [0.1, 0.15) is 11.4 Å². The van der Waals surface area contributed by atoms with E-state index in [1.54, 1.807) is 11.3 Å². The Labute approximate surface area is 74.8 Å². The van der Waals surface area contributed by atoms with E-state index in [0.29, 0.717) is 6.54 Å². The summed E-state index contributed by atoms with van der Waals surface area (Å²) in [6.07, 6.45) is 2.93. The fourth-order valence-electron chi connectivity index (χ4n) is 1.21. The van der Waals surface area contributed by atoms with Crippen molar-refractivity contribution in [3.05, 3.63) is 23.0 Å². The maximum atomic E-state index is 5.44. The topological polar surface area (TPSA) is 43.3 Å². The lowest BCUT2D eigenvalue weighted by Crippen LogP contribution is -2.02. The van der Waals surface area contributed by atoms with Gasteiger partial charge in [0.05, 0.1) is 5.69 Å². The molecule has 0 atom stereocenters. The lowest BCUT2D eigenvalue weighted by molar-refractivity contribution is 0.936. The van der Waals surface area contributed by atoms with Crippen molar-refractivity contribution in [1.82, 2.24) is 9.38 Å². The zero-order chi connectivity index (χ0) is 8.55. The van der Waals surface area contributed by atoms with Crippen LogP contribution in [0.15, 0.2) is 11.6 Å². The Bertz CT molecular complexity index is 388. The predicted molar refractivity (Wildman–Crippen MR) is 50.6 cm³/mol. The molecule has 2 heterocycles. The van der Waals surface area contributed by atoms with Gasteiger partial charge in [0.15, 0.2) is 4.96 Å². The lowest BCUT2D eigenvalue weighted by Gasteiger charge is -1.87. The van der Waals surface area contributed by atoms with E-state index in [1.165, 1.54) is 5.69 Å². The second-order valence-corrected chi connectivity index (χ2v) is 3.64. The highest BCUT2D eigenvalue weighted by molar-refractivity contribution is 7.15. The highest BCUT2D eigenvalue weighted by Gasteiger charge is 2.03. The minimum atomic E-state index is 0.671. The zero-order valence-corrected chi connectivity index (χ0v) is 7.77. The van der Waals surface area contributed by atoms with Gasteiger partial charge in [-0.15, -0.1) is 11.3 Å². The molecule has 0 fully saturated rings. The van der Waals surface area contributed by atoms with Crippen molar-refractivity contribution in [2.45, 2.75) is 13.3 Å². The van der Waals surface area contributed by atoms with E-state index in [0.717, 1.165) is 17.1 Å². The van der Waals surface area contributed by atoms with E-state index in [-0.39, 0.29) is 0 Å². The highest BCUT2D eigenvalue weighted by atomic mass is 32.1. The highest BCUT2D eigenvalue weighted by Crippen LogP contribution is 2.15. The Morgan fingerprint density at radius 2 is 2.50 bits per heavy atom. The molecule has 0 radical (unpaired) electrons. The standard InChI is InChI=1S/C8H11N3S/c1-6-5-12-8-10-7(2-3-9)4-11(6)8/h4-5H,2-3,9H2,1H3. The molecule has 2 aromatic rings. The second kappa shape index (κ2) is 2.88. The third-order valence-electron chi connectivity index (χ3n) is 1.84. The van der Waals surface area contributed by atoms with Crippen molar-refractivity contribution >= 4 is 16.3 Å². The van der Waals surface area contributed by atoms with Crippen LogP contribution in [0.5, 0.6) is 0 Å². The molecule has 0 bridgehead atoms. The number of rotatable bonds is 2. The maximum absolute atomic E-state index is 5.44. The molecule has 0 saturated heterocycles. The number of fused-ring (bicyclic) bond motifs is 1. The first-order chi connectivity index (χ1) is 5.81. The SMILES string of the molecule is Cc1csc2nc(CCN)cn12. The second-order valence-electron chi connectivity index (χ2n) is 2.80. The molecule has 2 rings (SSSR count). The largest absolute Gasteiger partial charge is 0.330 e. The van der Waals surface area contributed by atoms with Gasteiger partial charge in [0.1, 0.15) is 0 Å². The zero-order valence-electron chi connectivity index (χ0n) is 6.95. The Hall–Kier alpha value is -0.870. The summed E-state index contributed by atoms with van der Waals surface area (Å²) < 4.78 is 2.11. The molecular formula is C8H11N3S. The maximum Gasteiger partial charge on any atom is 0.194 e. The molecule has 0 aliphatic heterocycles. The van der Waals surface area contributed by atoms with Gasteiger partial charge in [0.2, 0.25) is 0 Å². The van der Waals surface area contributed by atoms with Crippen LogP contribution in [-0.2, 0) is 6.42 Å². The molecule has 3 nitrogen and oxygen atoms in total. The molecule has 12 heavy (non-hydrogen) atoms. The van der Waals surface area contributed by atoms with Gasteiger partial charge in [-0.2, -0.15) is 0 Å². The van der Waals surface area contributed by atoms with Gasteiger partial charge in [-0.1, -0.05) is 0 Å². The number of nitrogens with two attached hydrogens (primary N) is 1. The van der Waals surface area contributed by atoms with Crippen molar-refractivity contribution in [3.63, 3.8) is 0 Å². The summed E-state index contributed by atoms with van der Waals surface area (Å²) in [6, 6.07) is 0. The molecule has 4 heteroatoms. The predicted octanol–water partition coefficient (Wildman–Crippen LogP) is 1.21. The number of hydrogen-bond acceptors (Lipinski definition) is 3. The van der Waals surface area contributed by atoms with E-state index < -0.39 is 0 Å². The smallest absolute Gasteiger partial charge is 0.194 e. The van der Waals surface area contributed by atoms with Crippen molar-refractivity contribution in [3.8, 4) is 0 Å². The lowest BCUT2D eigenvalue weighted by atomic mass is 10.3. The monoisotopic (exact) mass is 181 g/mol. The van der Waals surface area contributed by atoms with Crippen molar-refractivity contribution in [2.24, 2.45) is 5.73 Å². The third-order valence-corrected chi connectivity index (χ3v) is 2.80. The number of thiazole rings is 1. The molecule has 64 valence electrons. The summed E-state index contributed by atoms with van der Waals surface area (Å²) >= 11 is 1.67. The van der Waals surface area contributed by atoms with Crippen LogP contribution < -0.4 is 5.73 Å². The number of aryl methyl sites for hydroxylation is 1. The average Bonchev–Trinajstić information content (AvgIpc) is 2.55. The summed E-state index contributed by atoms with van der Waals surface area (Å²) in [6.45, 7) is 2.75. The van der Waals surface area contributed by atoms with E-state index in [9.17, 15) is 0 Å². The summed E-state index contributed by atoms with van der Waals surface area (Å²) in [5.74, 6) is 0. The Kier molecular flexibility index (Phi) is 1.86. The average molecular weight is 181 g/mol. The van der Waals surface area contributed by atoms with Crippen molar-refractivity contribution < 1.29 is 0 Å². The number of aromatic nitrogens is 2. The van der Waals surface area contributed by atoms with E-state index in [2.05, 4.69) is 27.9 Å². The molecule has 0 saturated carbocycles. The summed E-state index contributed by atoms with van der Waals surface area (Å²) in [4.78, 5) is 5.49. The van der Waals surface area contributed by atoms with Gasteiger partial charge in [0.25, 0.3) is 0 Å². The van der Waals surface area contributed by atoms with Gasteiger partial charge in [-0.05, 0) is 13.5 Å². The molecular weight excluding hydrogens is 170 g/mol. The van der Waals surface area contributed by atoms with Gasteiger partial charge >= 0.3 is 0 Å². The van der Waals surface area contributed by atoms with Gasteiger partial charge in [-0.3, -0.25) is 4.40 Å². The van der Waals surface area contributed by atoms with Crippen molar-refractivity contribution in [2.75, 3.05) is 6.54 Å².